The standard InChI is InChI=1S/C12H15ClN2O3S2/c13-9-1-2-11(19-9)20(17,18)15-5-3-12(4-6-15)7-10(16)14-8-12/h1-2H,3-8H2,(H,14,16). The van der Waals surface area contributed by atoms with Crippen molar-refractivity contribution in [2.75, 3.05) is 19.6 Å². The summed E-state index contributed by atoms with van der Waals surface area (Å²) in [6.45, 7) is 1.60. The zero-order valence-corrected chi connectivity index (χ0v) is 13.2. The first-order valence-electron chi connectivity index (χ1n) is 6.44. The van der Waals surface area contributed by atoms with Crippen LogP contribution in [-0.2, 0) is 14.8 Å². The molecule has 1 amide bonds. The van der Waals surface area contributed by atoms with Crippen LogP contribution in [0, 0.1) is 5.41 Å². The van der Waals surface area contributed by atoms with Gasteiger partial charge in [-0.25, -0.2) is 8.42 Å². The fraction of sp³-hybridized carbons (Fsp3) is 0.583. The van der Waals surface area contributed by atoms with Crippen molar-refractivity contribution in [1.82, 2.24) is 9.62 Å². The average Bonchev–Trinajstić information content (AvgIpc) is 2.98. The molecule has 0 bridgehead atoms. The van der Waals surface area contributed by atoms with E-state index < -0.39 is 10.0 Å². The minimum Gasteiger partial charge on any atom is -0.356 e. The molecule has 20 heavy (non-hydrogen) atoms. The number of carbonyl (C=O) groups is 1. The topological polar surface area (TPSA) is 66.5 Å². The molecule has 2 aliphatic rings. The van der Waals surface area contributed by atoms with Crippen molar-refractivity contribution in [3.8, 4) is 0 Å². The lowest BCUT2D eigenvalue weighted by Crippen LogP contribution is -2.43. The van der Waals surface area contributed by atoms with Gasteiger partial charge in [-0.05, 0) is 30.4 Å². The zero-order valence-electron chi connectivity index (χ0n) is 10.8. The Morgan fingerprint density at radius 2 is 2.00 bits per heavy atom. The van der Waals surface area contributed by atoms with Crippen LogP contribution in [0.2, 0.25) is 4.34 Å². The van der Waals surface area contributed by atoms with Crippen LogP contribution in [0.25, 0.3) is 0 Å². The van der Waals surface area contributed by atoms with E-state index in [2.05, 4.69) is 5.32 Å². The molecule has 2 saturated heterocycles. The van der Waals surface area contributed by atoms with E-state index in [0.29, 0.717) is 34.6 Å². The van der Waals surface area contributed by atoms with Crippen LogP contribution >= 0.6 is 22.9 Å². The third-order valence-electron chi connectivity index (χ3n) is 4.12. The Morgan fingerprint density at radius 3 is 2.50 bits per heavy atom. The number of thiophene rings is 1. The van der Waals surface area contributed by atoms with Crippen molar-refractivity contribution < 1.29 is 13.2 Å². The molecule has 2 fully saturated rings. The monoisotopic (exact) mass is 334 g/mol. The summed E-state index contributed by atoms with van der Waals surface area (Å²) in [7, 11) is -3.44. The molecule has 1 spiro atoms. The zero-order chi connectivity index (χ0) is 14.4. The van der Waals surface area contributed by atoms with E-state index in [1.807, 2.05) is 0 Å². The van der Waals surface area contributed by atoms with Gasteiger partial charge in [0, 0.05) is 26.1 Å². The molecule has 0 aliphatic carbocycles. The molecule has 0 unspecified atom stereocenters. The molecule has 1 aromatic rings. The van der Waals surface area contributed by atoms with Crippen molar-refractivity contribution >= 4 is 38.9 Å². The van der Waals surface area contributed by atoms with Gasteiger partial charge >= 0.3 is 0 Å². The second-order valence-electron chi connectivity index (χ2n) is 5.42. The lowest BCUT2D eigenvalue weighted by atomic mass is 9.78. The van der Waals surface area contributed by atoms with Gasteiger partial charge in [-0.3, -0.25) is 4.79 Å². The smallest absolute Gasteiger partial charge is 0.252 e. The fourth-order valence-electron chi connectivity index (χ4n) is 2.87. The molecule has 8 heteroatoms. The predicted octanol–water partition coefficient (Wildman–Crippen LogP) is 1.69. The maximum absolute atomic E-state index is 12.5. The molecule has 1 aromatic heterocycles. The summed E-state index contributed by atoms with van der Waals surface area (Å²) < 4.78 is 27.2. The first-order chi connectivity index (χ1) is 9.41. The van der Waals surface area contributed by atoms with Gasteiger partial charge in [0.05, 0.1) is 4.34 Å². The number of piperidine rings is 1. The van der Waals surface area contributed by atoms with Crippen molar-refractivity contribution in [3.63, 3.8) is 0 Å². The van der Waals surface area contributed by atoms with Crippen LogP contribution < -0.4 is 5.32 Å². The number of sulfonamides is 1. The Labute approximate surface area is 127 Å². The number of rotatable bonds is 2. The number of hydrogen-bond acceptors (Lipinski definition) is 4. The highest BCUT2D eigenvalue weighted by Gasteiger charge is 2.43. The summed E-state index contributed by atoms with van der Waals surface area (Å²) in [5.74, 6) is 0.0753. The van der Waals surface area contributed by atoms with Gasteiger partial charge in [0.15, 0.2) is 0 Å². The number of amides is 1. The summed E-state index contributed by atoms with van der Waals surface area (Å²) in [5, 5.41) is 2.85. The largest absolute Gasteiger partial charge is 0.356 e. The molecule has 0 saturated carbocycles. The minimum absolute atomic E-state index is 0.0454. The highest BCUT2D eigenvalue weighted by molar-refractivity contribution is 7.91. The number of hydrogen-bond donors (Lipinski definition) is 1. The summed E-state index contributed by atoms with van der Waals surface area (Å²) in [5.41, 5.74) is -0.0454. The predicted molar refractivity (Wildman–Crippen MR) is 77.4 cm³/mol. The highest BCUT2D eigenvalue weighted by Crippen LogP contribution is 2.39. The van der Waals surface area contributed by atoms with Gasteiger partial charge in [0.2, 0.25) is 5.91 Å². The third kappa shape index (κ3) is 2.47. The van der Waals surface area contributed by atoms with Crippen molar-refractivity contribution in [3.05, 3.63) is 16.5 Å². The number of carbonyl (C=O) groups excluding carboxylic acids is 1. The van der Waals surface area contributed by atoms with Crippen LogP contribution in [0.15, 0.2) is 16.3 Å². The Bertz CT molecular complexity index is 633. The molecule has 1 N–H and O–H groups in total. The molecule has 3 rings (SSSR count). The molecule has 3 heterocycles. The normalized spacial score (nSPS) is 23.1. The van der Waals surface area contributed by atoms with Gasteiger partial charge in [-0.1, -0.05) is 11.6 Å². The summed E-state index contributed by atoms with van der Waals surface area (Å²) in [6.07, 6.45) is 1.97. The quantitative estimate of drug-likeness (QED) is 0.895. The van der Waals surface area contributed by atoms with Gasteiger partial charge in [0.1, 0.15) is 4.21 Å². The number of nitrogens with zero attached hydrogens (tertiary/aromatic N) is 1. The van der Waals surface area contributed by atoms with E-state index in [0.717, 1.165) is 24.2 Å². The maximum atomic E-state index is 12.5. The summed E-state index contributed by atoms with van der Waals surface area (Å²) >= 11 is 6.89. The van der Waals surface area contributed by atoms with Crippen LogP contribution in [0.5, 0.6) is 0 Å². The second-order valence-corrected chi connectivity index (χ2v) is 9.30. The molecule has 5 nitrogen and oxygen atoms in total. The fourth-order valence-corrected chi connectivity index (χ4v) is 5.95. The minimum atomic E-state index is -3.44. The Kier molecular flexibility index (Phi) is 3.56. The van der Waals surface area contributed by atoms with E-state index in [4.69, 9.17) is 11.6 Å². The van der Waals surface area contributed by atoms with E-state index in [9.17, 15) is 13.2 Å². The summed E-state index contributed by atoms with van der Waals surface area (Å²) in [4.78, 5) is 11.4. The number of halogens is 1. The van der Waals surface area contributed by atoms with E-state index in [1.165, 1.54) is 4.31 Å². The molecule has 0 aromatic carbocycles. The van der Waals surface area contributed by atoms with Gasteiger partial charge in [-0.15, -0.1) is 11.3 Å². The van der Waals surface area contributed by atoms with Gasteiger partial charge < -0.3 is 5.32 Å². The Hall–Kier alpha value is -0.630. The Morgan fingerprint density at radius 1 is 1.30 bits per heavy atom. The molecule has 0 radical (unpaired) electrons. The lowest BCUT2D eigenvalue weighted by molar-refractivity contribution is -0.119. The van der Waals surface area contributed by atoms with E-state index in [-0.39, 0.29) is 11.3 Å². The lowest BCUT2D eigenvalue weighted by Gasteiger charge is -2.37. The molecule has 110 valence electrons. The first kappa shape index (κ1) is 14.3. The van der Waals surface area contributed by atoms with Gasteiger partial charge in [-0.2, -0.15) is 4.31 Å². The SMILES string of the molecule is O=C1CC2(CCN(S(=O)(=O)c3ccc(Cl)s3)CC2)CN1. The van der Waals surface area contributed by atoms with E-state index >= 15 is 0 Å². The highest BCUT2D eigenvalue weighted by atomic mass is 35.5. The second kappa shape index (κ2) is 4.98. The first-order valence-corrected chi connectivity index (χ1v) is 9.07. The number of nitrogens with one attached hydrogen (secondary N) is 1. The molecular weight excluding hydrogens is 320 g/mol. The average molecular weight is 335 g/mol. The van der Waals surface area contributed by atoms with Crippen LogP contribution in [0.3, 0.4) is 0 Å². The van der Waals surface area contributed by atoms with Crippen LogP contribution in [0.4, 0.5) is 0 Å². The van der Waals surface area contributed by atoms with Crippen molar-refractivity contribution in [1.29, 1.82) is 0 Å². The van der Waals surface area contributed by atoms with E-state index in [1.54, 1.807) is 12.1 Å². The van der Waals surface area contributed by atoms with Crippen LogP contribution in [0.1, 0.15) is 19.3 Å². The van der Waals surface area contributed by atoms with Crippen LogP contribution in [-0.4, -0.2) is 38.3 Å². The molecule has 2 aliphatic heterocycles. The van der Waals surface area contributed by atoms with Crippen molar-refractivity contribution in [2.45, 2.75) is 23.5 Å². The Balaban J connectivity index is 1.73. The third-order valence-corrected chi connectivity index (χ3v) is 7.72. The molecular formula is C12H15ClN2O3S2. The van der Waals surface area contributed by atoms with Gasteiger partial charge in [0.25, 0.3) is 10.0 Å². The molecule has 0 atom stereocenters. The van der Waals surface area contributed by atoms with Crippen molar-refractivity contribution in [2.24, 2.45) is 5.41 Å². The maximum Gasteiger partial charge on any atom is 0.252 e. The summed E-state index contributed by atoms with van der Waals surface area (Å²) in [6, 6.07) is 3.15.